The number of hydrogen-bond acceptors (Lipinski definition) is 2. The Kier molecular flexibility index (Phi) is 4.63. The van der Waals surface area contributed by atoms with E-state index < -0.39 is 0 Å². The van der Waals surface area contributed by atoms with Gasteiger partial charge in [-0.2, -0.15) is 0 Å². The molecule has 0 atom stereocenters. The molecule has 0 aliphatic carbocycles. The van der Waals surface area contributed by atoms with Gasteiger partial charge < -0.3 is 4.74 Å². The second kappa shape index (κ2) is 5.76. The van der Waals surface area contributed by atoms with Crippen molar-refractivity contribution in [2.24, 2.45) is 5.92 Å². The van der Waals surface area contributed by atoms with Crippen LogP contribution in [0, 0.1) is 5.92 Å². The maximum atomic E-state index is 11.5. The fourth-order valence-corrected chi connectivity index (χ4v) is 1.23. The van der Waals surface area contributed by atoms with Crippen LogP contribution in [0.15, 0.2) is 24.3 Å². The number of benzene rings is 1. The van der Waals surface area contributed by atoms with E-state index >= 15 is 0 Å². The minimum absolute atomic E-state index is 0.273. The van der Waals surface area contributed by atoms with Crippen LogP contribution in [-0.4, -0.2) is 12.6 Å². The van der Waals surface area contributed by atoms with Crippen LogP contribution >= 0.6 is 11.6 Å². The monoisotopic (exact) mass is 226 g/mol. The Morgan fingerprint density at radius 3 is 2.40 bits per heavy atom. The van der Waals surface area contributed by atoms with Crippen molar-refractivity contribution in [3.8, 4) is 0 Å². The van der Waals surface area contributed by atoms with E-state index in [0.29, 0.717) is 24.0 Å². The van der Waals surface area contributed by atoms with Crippen molar-refractivity contribution in [3.05, 3.63) is 35.4 Å². The number of ether oxygens (including phenoxy) is 1. The SMILES string of the molecule is CC(C)COC(=O)c1ccc(CCl)cc1. The average Bonchev–Trinajstić information content (AvgIpc) is 2.26. The molecule has 0 unspecified atom stereocenters. The Labute approximate surface area is 95.2 Å². The van der Waals surface area contributed by atoms with Gasteiger partial charge in [-0.25, -0.2) is 4.79 Å². The summed E-state index contributed by atoms with van der Waals surface area (Å²) in [4.78, 5) is 11.5. The largest absolute Gasteiger partial charge is 0.462 e. The molecule has 0 saturated carbocycles. The highest BCUT2D eigenvalue weighted by Crippen LogP contribution is 2.08. The highest BCUT2D eigenvalue weighted by atomic mass is 35.5. The summed E-state index contributed by atoms with van der Waals surface area (Å²) in [6, 6.07) is 7.14. The normalized spacial score (nSPS) is 10.4. The summed E-state index contributed by atoms with van der Waals surface area (Å²) in [7, 11) is 0. The molecule has 82 valence electrons. The van der Waals surface area contributed by atoms with Gasteiger partial charge in [0.25, 0.3) is 0 Å². The summed E-state index contributed by atoms with van der Waals surface area (Å²) >= 11 is 5.65. The Hall–Kier alpha value is -1.02. The zero-order valence-corrected chi connectivity index (χ0v) is 9.75. The molecule has 1 aromatic carbocycles. The molecule has 0 saturated heterocycles. The molecule has 0 fully saturated rings. The lowest BCUT2D eigenvalue weighted by atomic mass is 10.1. The second-order valence-corrected chi connectivity index (χ2v) is 4.09. The van der Waals surface area contributed by atoms with Gasteiger partial charge in [0.15, 0.2) is 0 Å². The molecule has 1 aromatic rings. The van der Waals surface area contributed by atoms with Crippen LogP contribution < -0.4 is 0 Å². The van der Waals surface area contributed by atoms with Crippen LogP contribution in [0.1, 0.15) is 29.8 Å². The van der Waals surface area contributed by atoms with Crippen molar-refractivity contribution in [1.82, 2.24) is 0 Å². The third-order valence-corrected chi connectivity index (χ3v) is 2.20. The van der Waals surface area contributed by atoms with Crippen molar-refractivity contribution in [3.63, 3.8) is 0 Å². The second-order valence-electron chi connectivity index (χ2n) is 3.82. The van der Waals surface area contributed by atoms with E-state index in [1.807, 2.05) is 26.0 Å². The number of esters is 1. The summed E-state index contributed by atoms with van der Waals surface area (Å²) < 4.78 is 5.09. The first-order valence-electron chi connectivity index (χ1n) is 4.95. The maximum absolute atomic E-state index is 11.5. The summed E-state index contributed by atoms with van der Waals surface area (Å²) in [5.41, 5.74) is 1.57. The minimum atomic E-state index is -0.273. The molecule has 0 aliphatic heterocycles. The molecule has 0 amide bonds. The van der Waals surface area contributed by atoms with E-state index in [0.717, 1.165) is 5.56 Å². The first kappa shape index (κ1) is 12.1. The van der Waals surface area contributed by atoms with Gasteiger partial charge in [0.2, 0.25) is 0 Å². The minimum Gasteiger partial charge on any atom is -0.462 e. The van der Waals surface area contributed by atoms with Crippen molar-refractivity contribution >= 4 is 17.6 Å². The van der Waals surface area contributed by atoms with Crippen LogP contribution in [0.2, 0.25) is 0 Å². The topological polar surface area (TPSA) is 26.3 Å². The smallest absolute Gasteiger partial charge is 0.338 e. The molecule has 15 heavy (non-hydrogen) atoms. The number of carbonyl (C=O) groups excluding carboxylic acids is 1. The summed E-state index contributed by atoms with van der Waals surface area (Å²) in [5.74, 6) is 0.544. The molecular weight excluding hydrogens is 212 g/mol. The molecule has 0 spiro atoms. The van der Waals surface area contributed by atoms with Gasteiger partial charge in [0.1, 0.15) is 0 Å². The van der Waals surface area contributed by atoms with Gasteiger partial charge in [0, 0.05) is 5.88 Å². The third kappa shape index (κ3) is 3.92. The van der Waals surface area contributed by atoms with Gasteiger partial charge in [-0.1, -0.05) is 26.0 Å². The number of rotatable bonds is 4. The van der Waals surface area contributed by atoms with E-state index in [4.69, 9.17) is 16.3 Å². The van der Waals surface area contributed by atoms with E-state index in [2.05, 4.69) is 0 Å². The number of carbonyl (C=O) groups is 1. The molecular formula is C12H15ClO2. The first-order chi connectivity index (χ1) is 7.13. The van der Waals surface area contributed by atoms with Crippen LogP contribution in [-0.2, 0) is 10.6 Å². The third-order valence-electron chi connectivity index (χ3n) is 1.89. The molecule has 1 rings (SSSR count). The molecule has 0 radical (unpaired) electrons. The van der Waals surface area contributed by atoms with E-state index in [1.165, 1.54) is 0 Å². The molecule has 0 N–H and O–H groups in total. The summed E-state index contributed by atoms with van der Waals surface area (Å²) in [6.45, 7) is 4.46. The van der Waals surface area contributed by atoms with Crippen molar-refractivity contribution < 1.29 is 9.53 Å². The predicted octanol–water partition coefficient (Wildman–Crippen LogP) is 3.24. The van der Waals surface area contributed by atoms with E-state index in [-0.39, 0.29) is 5.97 Å². The molecule has 3 heteroatoms. The fourth-order valence-electron chi connectivity index (χ4n) is 1.06. The highest BCUT2D eigenvalue weighted by Gasteiger charge is 2.07. The average molecular weight is 227 g/mol. The fraction of sp³-hybridized carbons (Fsp3) is 0.417. The standard InChI is InChI=1S/C12H15ClO2/c1-9(2)8-15-12(14)11-5-3-10(7-13)4-6-11/h3-6,9H,7-8H2,1-2H3. The number of hydrogen-bond donors (Lipinski definition) is 0. The zero-order valence-electron chi connectivity index (χ0n) is 9.00. The van der Waals surface area contributed by atoms with Gasteiger partial charge in [-0.15, -0.1) is 11.6 Å². The van der Waals surface area contributed by atoms with Crippen LogP contribution in [0.25, 0.3) is 0 Å². The molecule has 2 nitrogen and oxygen atoms in total. The number of alkyl halides is 1. The molecule has 0 bridgehead atoms. The van der Waals surface area contributed by atoms with Crippen LogP contribution in [0.4, 0.5) is 0 Å². The quantitative estimate of drug-likeness (QED) is 0.582. The van der Waals surface area contributed by atoms with E-state index in [9.17, 15) is 4.79 Å². The lowest BCUT2D eigenvalue weighted by molar-refractivity contribution is 0.0459. The Balaban J connectivity index is 2.58. The van der Waals surface area contributed by atoms with Gasteiger partial charge in [-0.05, 0) is 23.6 Å². The summed E-state index contributed by atoms with van der Waals surface area (Å²) in [5, 5.41) is 0. The zero-order chi connectivity index (χ0) is 11.3. The van der Waals surface area contributed by atoms with Crippen molar-refractivity contribution in [2.75, 3.05) is 6.61 Å². The summed E-state index contributed by atoms with van der Waals surface area (Å²) in [6.07, 6.45) is 0. The molecule has 0 aromatic heterocycles. The van der Waals surface area contributed by atoms with E-state index in [1.54, 1.807) is 12.1 Å². The number of halogens is 1. The highest BCUT2D eigenvalue weighted by molar-refractivity contribution is 6.17. The lowest BCUT2D eigenvalue weighted by Crippen LogP contribution is -2.10. The van der Waals surface area contributed by atoms with Crippen molar-refractivity contribution in [1.29, 1.82) is 0 Å². The lowest BCUT2D eigenvalue weighted by Gasteiger charge is -2.07. The van der Waals surface area contributed by atoms with Gasteiger partial charge in [0.05, 0.1) is 12.2 Å². The molecule has 0 aliphatic rings. The first-order valence-corrected chi connectivity index (χ1v) is 5.49. The van der Waals surface area contributed by atoms with Crippen LogP contribution in [0.5, 0.6) is 0 Å². The predicted molar refractivity (Wildman–Crippen MR) is 61.1 cm³/mol. The molecule has 0 heterocycles. The van der Waals surface area contributed by atoms with Gasteiger partial charge in [-0.3, -0.25) is 0 Å². The Morgan fingerprint density at radius 2 is 1.93 bits per heavy atom. The Bertz CT molecular complexity index is 317. The van der Waals surface area contributed by atoms with Crippen LogP contribution in [0.3, 0.4) is 0 Å². The maximum Gasteiger partial charge on any atom is 0.338 e. The van der Waals surface area contributed by atoms with Crippen molar-refractivity contribution in [2.45, 2.75) is 19.7 Å². The van der Waals surface area contributed by atoms with Gasteiger partial charge >= 0.3 is 5.97 Å². The Morgan fingerprint density at radius 1 is 1.33 bits per heavy atom.